The quantitative estimate of drug-likeness (QED) is 0.928. The monoisotopic (exact) mass is 344 g/mol. The summed E-state index contributed by atoms with van der Waals surface area (Å²) in [6, 6.07) is 5.25. The van der Waals surface area contributed by atoms with Gasteiger partial charge >= 0.3 is 0 Å². The second kappa shape index (κ2) is 4.97. The lowest BCUT2D eigenvalue weighted by atomic mass is 10.2. The van der Waals surface area contributed by atoms with E-state index in [4.69, 9.17) is 4.52 Å². The molecule has 1 aromatic heterocycles. The first kappa shape index (κ1) is 14.1. The molecule has 0 aliphatic carbocycles. The lowest BCUT2D eigenvalue weighted by molar-refractivity contribution is 0.430. The topological polar surface area (TPSA) is 72.2 Å². The number of aryl methyl sites for hydroxylation is 3. The molecule has 1 N–H and O–H groups in total. The number of sulfonamides is 1. The van der Waals surface area contributed by atoms with Crippen LogP contribution in [0.2, 0.25) is 0 Å². The van der Waals surface area contributed by atoms with Crippen molar-refractivity contribution in [2.75, 3.05) is 4.72 Å². The van der Waals surface area contributed by atoms with Gasteiger partial charge in [-0.15, -0.1) is 0 Å². The van der Waals surface area contributed by atoms with Crippen molar-refractivity contribution in [1.29, 1.82) is 0 Å². The minimum Gasteiger partial charge on any atom is -0.336 e. The van der Waals surface area contributed by atoms with Gasteiger partial charge in [0, 0.05) is 0 Å². The number of nitrogens with zero attached hydrogens (tertiary/aromatic N) is 1. The molecule has 7 heteroatoms. The van der Waals surface area contributed by atoms with Crippen molar-refractivity contribution in [2.24, 2.45) is 0 Å². The molecule has 5 nitrogen and oxygen atoms in total. The van der Waals surface area contributed by atoms with Crippen LogP contribution in [0.25, 0.3) is 0 Å². The van der Waals surface area contributed by atoms with Gasteiger partial charge in [-0.3, -0.25) is 0 Å². The third-order valence-corrected chi connectivity index (χ3v) is 5.06. The van der Waals surface area contributed by atoms with Gasteiger partial charge in [0.1, 0.15) is 4.47 Å². The average molecular weight is 345 g/mol. The van der Waals surface area contributed by atoms with E-state index in [9.17, 15) is 8.42 Å². The van der Waals surface area contributed by atoms with E-state index in [0.29, 0.717) is 15.7 Å². The van der Waals surface area contributed by atoms with E-state index in [2.05, 4.69) is 25.8 Å². The lowest BCUT2D eigenvalue weighted by Crippen LogP contribution is -2.14. The highest BCUT2D eigenvalue weighted by molar-refractivity contribution is 9.10. The maximum absolute atomic E-state index is 12.3. The van der Waals surface area contributed by atoms with E-state index in [0.717, 1.165) is 5.56 Å². The Morgan fingerprint density at radius 3 is 2.53 bits per heavy atom. The van der Waals surface area contributed by atoms with Gasteiger partial charge in [-0.25, -0.2) is 13.1 Å². The summed E-state index contributed by atoms with van der Waals surface area (Å²) in [5, 5.41) is 3.69. The maximum Gasteiger partial charge on any atom is 0.264 e. The van der Waals surface area contributed by atoms with Crippen molar-refractivity contribution in [1.82, 2.24) is 5.16 Å². The number of hydrogen-bond donors (Lipinski definition) is 1. The lowest BCUT2D eigenvalue weighted by Gasteiger charge is -2.09. The smallest absolute Gasteiger partial charge is 0.264 e. The van der Waals surface area contributed by atoms with Gasteiger partial charge in [0.15, 0.2) is 0 Å². The average Bonchev–Trinajstić information content (AvgIpc) is 2.63. The van der Waals surface area contributed by atoms with E-state index in [-0.39, 0.29) is 10.8 Å². The Bertz CT molecular complexity index is 723. The predicted molar refractivity (Wildman–Crippen MR) is 75.7 cm³/mol. The molecule has 0 amide bonds. The highest BCUT2D eigenvalue weighted by atomic mass is 79.9. The molecular weight excluding hydrogens is 332 g/mol. The van der Waals surface area contributed by atoms with E-state index < -0.39 is 10.0 Å². The highest BCUT2D eigenvalue weighted by Gasteiger charge is 2.21. The first-order valence-corrected chi connectivity index (χ1v) is 7.81. The van der Waals surface area contributed by atoms with Crippen LogP contribution in [-0.4, -0.2) is 13.6 Å². The Labute approximate surface area is 120 Å². The first-order valence-electron chi connectivity index (χ1n) is 5.53. The zero-order chi connectivity index (χ0) is 14.2. The minimum absolute atomic E-state index is 0.0819. The Kier molecular flexibility index (Phi) is 3.69. The molecule has 0 spiro atoms. The van der Waals surface area contributed by atoms with E-state index in [1.807, 2.05) is 13.0 Å². The SMILES string of the molecule is Cc1ccc(C)c(S(=O)(=O)Nc2onc(C)c2Br)c1. The Balaban J connectivity index is 2.43. The van der Waals surface area contributed by atoms with Crippen LogP contribution in [0.1, 0.15) is 16.8 Å². The summed E-state index contributed by atoms with van der Waals surface area (Å²) >= 11 is 3.23. The van der Waals surface area contributed by atoms with Crippen molar-refractivity contribution in [2.45, 2.75) is 25.7 Å². The summed E-state index contributed by atoms with van der Waals surface area (Å²) in [5.41, 5.74) is 2.13. The molecule has 1 heterocycles. The van der Waals surface area contributed by atoms with Crippen molar-refractivity contribution in [3.63, 3.8) is 0 Å². The molecule has 102 valence electrons. The fourth-order valence-electron chi connectivity index (χ4n) is 1.60. The van der Waals surface area contributed by atoms with Crippen LogP contribution in [0, 0.1) is 20.8 Å². The fraction of sp³-hybridized carbons (Fsp3) is 0.250. The molecule has 2 rings (SSSR count). The molecular formula is C12H13BrN2O3S. The molecule has 0 atom stereocenters. The van der Waals surface area contributed by atoms with E-state index in [1.54, 1.807) is 26.0 Å². The van der Waals surface area contributed by atoms with Crippen LogP contribution in [0.3, 0.4) is 0 Å². The van der Waals surface area contributed by atoms with Gasteiger partial charge in [0.25, 0.3) is 15.9 Å². The molecule has 0 bridgehead atoms. The van der Waals surface area contributed by atoms with Crippen LogP contribution >= 0.6 is 15.9 Å². The van der Waals surface area contributed by atoms with Gasteiger partial charge in [-0.2, -0.15) is 0 Å². The fourth-order valence-corrected chi connectivity index (χ4v) is 3.30. The zero-order valence-corrected chi connectivity index (χ0v) is 13.1. The molecule has 1 aromatic carbocycles. The predicted octanol–water partition coefficient (Wildman–Crippen LogP) is 3.16. The summed E-state index contributed by atoms with van der Waals surface area (Å²) in [6.45, 7) is 5.30. The van der Waals surface area contributed by atoms with Gasteiger partial charge < -0.3 is 4.52 Å². The van der Waals surface area contributed by atoms with Gasteiger partial charge in [-0.1, -0.05) is 17.3 Å². The van der Waals surface area contributed by atoms with E-state index >= 15 is 0 Å². The van der Waals surface area contributed by atoms with Crippen LogP contribution in [0.15, 0.2) is 32.1 Å². The molecule has 0 unspecified atom stereocenters. The second-order valence-electron chi connectivity index (χ2n) is 4.29. The molecule has 19 heavy (non-hydrogen) atoms. The van der Waals surface area contributed by atoms with Crippen LogP contribution in [-0.2, 0) is 10.0 Å². The number of hydrogen-bond acceptors (Lipinski definition) is 4. The molecule has 0 radical (unpaired) electrons. The minimum atomic E-state index is -3.69. The summed E-state index contributed by atoms with van der Waals surface area (Å²) in [4.78, 5) is 0.230. The Hall–Kier alpha value is -1.34. The van der Waals surface area contributed by atoms with Gasteiger partial charge in [0.05, 0.1) is 10.6 Å². The number of nitrogens with one attached hydrogen (secondary N) is 1. The first-order chi connectivity index (χ1) is 8.81. The van der Waals surface area contributed by atoms with Gasteiger partial charge in [0.2, 0.25) is 0 Å². The van der Waals surface area contributed by atoms with Crippen molar-refractivity contribution in [3.8, 4) is 0 Å². The summed E-state index contributed by atoms with van der Waals surface area (Å²) in [6.07, 6.45) is 0. The van der Waals surface area contributed by atoms with Crippen molar-refractivity contribution < 1.29 is 12.9 Å². The van der Waals surface area contributed by atoms with Crippen LogP contribution < -0.4 is 4.72 Å². The molecule has 0 fully saturated rings. The third-order valence-electron chi connectivity index (χ3n) is 2.65. The number of halogens is 1. The Morgan fingerprint density at radius 2 is 1.95 bits per heavy atom. The van der Waals surface area contributed by atoms with Crippen LogP contribution in [0.5, 0.6) is 0 Å². The maximum atomic E-state index is 12.3. The van der Waals surface area contributed by atoms with Crippen molar-refractivity contribution >= 4 is 31.8 Å². The van der Waals surface area contributed by atoms with Gasteiger partial charge in [-0.05, 0) is 53.9 Å². The summed E-state index contributed by atoms with van der Waals surface area (Å²) in [5.74, 6) is 0.0819. The summed E-state index contributed by atoms with van der Waals surface area (Å²) < 4.78 is 32.5. The number of rotatable bonds is 3. The largest absolute Gasteiger partial charge is 0.336 e. The molecule has 0 aliphatic heterocycles. The Morgan fingerprint density at radius 1 is 1.26 bits per heavy atom. The molecule has 0 saturated carbocycles. The molecule has 2 aromatic rings. The highest BCUT2D eigenvalue weighted by Crippen LogP contribution is 2.28. The second-order valence-corrected chi connectivity index (χ2v) is 6.73. The number of aromatic nitrogens is 1. The summed E-state index contributed by atoms with van der Waals surface area (Å²) in [7, 11) is -3.69. The third kappa shape index (κ3) is 2.82. The number of benzene rings is 1. The standard InChI is InChI=1S/C12H13BrN2O3S/c1-7-4-5-8(2)10(6-7)19(16,17)15-12-11(13)9(3)14-18-12/h4-6,15H,1-3H3. The number of anilines is 1. The van der Waals surface area contributed by atoms with E-state index in [1.165, 1.54) is 0 Å². The zero-order valence-electron chi connectivity index (χ0n) is 10.7. The molecule has 0 saturated heterocycles. The van der Waals surface area contributed by atoms with Crippen molar-refractivity contribution in [3.05, 3.63) is 39.5 Å². The normalized spacial score (nSPS) is 11.6. The van der Waals surface area contributed by atoms with Crippen LogP contribution in [0.4, 0.5) is 5.88 Å². The molecule has 0 aliphatic rings.